The molecule has 0 aliphatic carbocycles. The number of aliphatic hydroxyl groups is 1. The number of quaternary nitrogens is 1. The van der Waals surface area contributed by atoms with Crippen LogP contribution in [0.3, 0.4) is 0 Å². The highest BCUT2D eigenvalue weighted by Gasteiger charge is 2.30. The standard InChI is InChI=1S/C18H29NO2/c1-13-8-14(2)10-18(9-13)21-12-17(20)11-19-15(3)6-5-7-16(19)4/h8-10,15-17,20H,5-7,11-12H2,1-4H3/p+1/t15-,16-,17-/m0/s1. The topological polar surface area (TPSA) is 33.9 Å². The zero-order chi connectivity index (χ0) is 15.4. The molecule has 0 amide bonds. The summed E-state index contributed by atoms with van der Waals surface area (Å²) in [4.78, 5) is 1.53. The number of likely N-dealkylation sites (tertiary alicyclic amines) is 1. The summed E-state index contributed by atoms with van der Waals surface area (Å²) in [6.45, 7) is 9.89. The Morgan fingerprint density at radius 2 is 1.71 bits per heavy atom. The van der Waals surface area contributed by atoms with E-state index in [0.29, 0.717) is 18.7 Å². The normalized spacial score (nSPS) is 24.8. The Labute approximate surface area is 128 Å². The molecule has 118 valence electrons. The van der Waals surface area contributed by atoms with Gasteiger partial charge in [0, 0.05) is 0 Å². The van der Waals surface area contributed by atoms with Crippen molar-refractivity contribution >= 4 is 0 Å². The van der Waals surface area contributed by atoms with E-state index < -0.39 is 6.10 Å². The third kappa shape index (κ3) is 4.72. The maximum atomic E-state index is 10.3. The van der Waals surface area contributed by atoms with Gasteiger partial charge in [-0.1, -0.05) is 6.07 Å². The Morgan fingerprint density at radius 3 is 2.29 bits per heavy atom. The summed E-state index contributed by atoms with van der Waals surface area (Å²) in [7, 11) is 0. The molecule has 0 unspecified atom stereocenters. The van der Waals surface area contributed by atoms with Gasteiger partial charge in [-0.05, 0) is 70.2 Å². The SMILES string of the molecule is Cc1cc(C)cc(OC[C@@H](O)C[NH+]2[C@@H](C)CCC[C@@H]2C)c1. The van der Waals surface area contributed by atoms with Crippen molar-refractivity contribution in [1.82, 2.24) is 0 Å². The van der Waals surface area contributed by atoms with E-state index in [1.165, 1.54) is 35.3 Å². The number of ether oxygens (including phenoxy) is 1. The first-order valence-electron chi connectivity index (χ1n) is 8.20. The van der Waals surface area contributed by atoms with Gasteiger partial charge in [-0.2, -0.15) is 0 Å². The van der Waals surface area contributed by atoms with E-state index in [2.05, 4.69) is 33.8 Å². The molecular formula is C18H30NO2+. The number of hydrogen-bond donors (Lipinski definition) is 2. The molecule has 1 aromatic carbocycles. The molecule has 3 nitrogen and oxygen atoms in total. The van der Waals surface area contributed by atoms with E-state index in [4.69, 9.17) is 4.74 Å². The van der Waals surface area contributed by atoms with Crippen molar-refractivity contribution in [2.24, 2.45) is 0 Å². The summed E-state index contributed by atoms with van der Waals surface area (Å²) in [5.74, 6) is 0.862. The van der Waals surface area contributed by atoms with Crippen molar-refractivity contribution in [3.63, 3.8) is 0 Å². The van der Waals surface area contributed by atoms with Gasteiger partial charge in [0.1, 0.15) is 25.0 Å². The first kappa shape index (κ1) is 16.3. The molecule has 1 aromatic rings. The molecule has 1 aliphatic rings. The van der Waals surface area contributed by atoms with E-state index >= 15 is 0 Å². The van der Waals surface area contributed by atoms with Crippen molar-refractivity contribution in [3.05, 3.63) is 29.3 Å². The largest absolute Gasteiger partial charge is 0.491 e. The van der Waals surface area contributed by atoms with Gasteiger partial charge in [0.25, 0.3) is 0 Å². The lowest BCUT2D eigenvalue weighted by atomic mass is 9.97. The predicted octanol–water partition coefficient (Wildman–Crippen LogP) is 1.89. The minimum atomic E-state index is -0.399. The van der Waals surface area contributed by atoms with Crippen LogP contribution < -0.4 is 9.64 Å². The average molecular weight is 292 g/mol. The molecule has 0 aromatic heterocycles. The molecule has 2 rings (SSSR count). The van der Waals surface area contributed by atoms with E-state index in [9.17, 15) is 5.11 Å². The first-order chi connectivity index (χ1) is 9.95. The first-order valence-corrected chi connectivity index (χ1v) is 8.20. The lowest BCUT2D eigenvalue weighted by molar-refractivity contribution is -0.954. The Bertz CT molecular complexity index is 430. The van der Waals surface area contributed by atoms with Crippen molar-refractivity contribution in [3.8, 4) is 5.75 Å². The molecule has 0 saturated carbocycles. The number of benzene rings is 1. The Kier molecular flexibility index (Phi) is 5.65. The number of hydrogen-bond acceptors (Lipinski definition) is 2. The quantitative estimate of drug-likeness (QED) is 0.869. The second kappa shape index (κ2) is 7.28. The van der Waals surface area contributed by atoms with Gasteiger partial charge in [0.15, 0.2) is 0 Å². The molecule has 1 aliphatic heterocycles. The number of nitrogens with one attached hydrogen (secondary N) is 1. The molecule has 21 heavy (non-hydrogen) atoms. The zero-order valence-electron chi connectivity index (χ0n) is 13.9. The number of piperidine rings is 1. The van der Waals surface area contributed by atoms with E-state index in [-0.39, 0.29) is 0 Å². The second-order valence-electron chi connectivity index (χ2n) is 6.80. The van der Waals surface area contributed by atoms with Crippen LogP contribution in [0.25, 0.3) is 0 Å². The van der Waals surface area contributed by atoms with Crippen LogP contribution in [0.5, 0.6) is 5.75 Å². The van der Waals surface area contributed by atoms with Crippen LogP contribution in [-0.2, 0) is 0 Å². The zero-order valence-corrected chi connectivity index (χ0v) is 13.9. The summed E-state index contributed by atoms with van der Waals surface area (Å²) in [5.41, 5.74) is 2.40. The highest BCUT2D eigenvalue weighted by molar-refractivity contribution is 5.32. The molecular weight excluding hydrogens is 262 g/mol. The fourth-order valence-corrected chi connectivity index (χ4v) is 3.53. The summed E-state index contributed by atoms with van der Waals surface area (Å²) in [5, 5.41) is 10.3. The van der Waals surface area contributed by atoms with Gasteiger partial charge < -0.3 is 14.7 Å². The average Bonchev–Trinajstić information content (AvgIpc) is 2.40. The summed E-state index contributed by atoms with van der Waals surface area (Å²) >= 11 is 0. The molecule has 3 heteroatoms. The summed E-state index contributed by atoms with van der Waals surface area (Å²) in [6.07, 6.45) is 3.46. The highest BCUT2D eigenvalue weighted by Crippen LogP contribution is 2.16. The molecule has 0 radical (unpaired) electrons. The van der Waals surface area contributed by atoms with Crippen LogP contribution in [-0.4, -0.2) is 36.4 Å². The van der Waals surface area contributed by atoms with Crippen molar-refractivity contribution < 1.29 is 14.7 Å². The minimum absolute atomic E-state index is 0.381. The van der Waals surface area contributed by atoms with Crippen LogP contribution in [0, 0.1) is 13.8 Å². The van der Waals surface area contributed by atoms with Crippen molar-refractivity contribution in [2.75, 3.05) is 13.2 Å². The number of aliphatic hydroxyl groups excluding tert-OH is 1. The predicted molar refractivity (Wildman–Crippen MR) is 86.0 cm³/mol. The second-order valence-corrected chi connectivity index (χ2v) is 6.80. The smallest absolute Gasteiger partial charge is 0.137 e. The summed E-state index contributed by atoms with van der Waals surface area (Å²) in [6, 6.07) is 7.47. The maximum absolute atomic E-state index is 10.3. The number of aryl methyl sites for hydroxylation is 2. The molecule has 0 spiro atoms. The van der Waals surface area contributed by atoms with Gasteiger partial charge in [-0.25, -0.2) is 0 Å². The van der Waals surface area contributed by atoms with Gasteiger partial charge >= 0.3 is 0 Å². The number of rotatable bonds is 5. The minimum Gasteiger partial charge on any atom is -0.491 e. The van der Waals surface area contributed by atoms with Crippen molar-refractivity contribution in [2.45, 2.75) is 65.1 Å². The van der Waals surface area contributed by atoms with Gasteiger partial charge in [0.05, 0.1) is 12.1 Å². The van der Waals surface area contributed by atoms with Crippen LogP contribution in [0.2, 0.25) is 0 Å². The fourth-order valence-electron chi connectivity index (χ4n) is 3.53. The Morgan fingerprint density at radius 1 is 1.14 bits per heavy atom. The molecule has 3 atom stereocenters. The molecule has 2 N–H and O–H groups in total. The van der Waals surface area contributed by atoms with Gasteiger partial charge in [0.2, 0.25) is 0 Å². The van der Waals surface area contributed by atoms with Gasteiger partial charge in [-0.3, -0.25) is 0 Å². The summed E-state index contributed by atoms with van der Waals surface area (Å²) < 4.78 is 5.78. The van der Waals surface area contributed by atoms with E-state index in [1.807, 2.05) is 12.1 Å². The third-order valence-corrected chi connectivity index (χ3v) is 4.65. The van der Waals surface area contributed by atoms with Gasteiger partial charge in [-0.15, -0.1) is 0 Å². The molecule has 1 fully saturated rings. The maximum Gasteiger partial charge on any atom is 0.137 e. The fraction of sp³-hybridized carbons (Fsp3) is 0.667. The van der Waals surface area contributed by atoms with Crippen LogP contribution >= 0.6 is 0 Å². The Balaban J connectivity index is 1.85. The molecule has 0 bridgehead atoms. The lowest BCUT2D eigenvalue weighted by Crippen LogP contribution is -3.20. The Hall–Kier alpha value is -1.06. The molecule has 1 saturated heterocycles. The highest BCUT2D eigenvalue weighted by atomic mass is 16.5. The van der Waals surface area contributed by atoms with Crippen LogP contribution in [0.15, 0.2) is 18.2 Å². The van der Waals surface area contributed by atoms with Crippen LogP contribution in [0.1, 0.15) is 44.2 Å². The molecule has 1 heterocycles. The van der Waals surface area contributed by atoms with E-state index in [0.717, 1.165) is 12.3 Å². The van der Waals surface area contributed by atoms with E-state index in [1.54, 1.807) is 0 Å². The monoisotopic (exact) mass is 292 g/mol. The van der Waals surface area contributed by atoms with Crippen molar-refractivity contribution in [1.29, 1.82) is 0 Å². The van der Waals surface area contributed by atoms with Crippen LogP contribution in [0.4, 0.5) is 0 Å². The third-order valence-electron chi connectivity index (χ3n) is 4.65. The lowest BCUT2D eigenvalue weighted by Gasteiger charge is -2.36.